The summed E-state index contributed by atoms with van der Waals surface area (Å²) in [5, 5.41) is 11.6. The molecule has 1 amide bonds. The van der Waals surface area contributed by atoms with Gasteiger partial charge in [0.1, 0.15) is 5.75 Å². The van der Waals surface area contributed by atoms with Crippen LogP contribution in [-0.2, 0) is 10.0 Å². The van der Waals surface area contributed by atoms with Crippen molar-refractivity contribution in [3.05, 3.63) is 53.6 Å². The van der Waals surface area contributed by atoms with E-state index in [4.69, 9.17) is 9.84 Å². The number of ether oxygens (including phenoxy) is 1. The number of aromatic carboxylic acids is 1. The minimum atomic E-state index is -3.72. The number of nitrogens with zero attached hydrogens (tertiary/aromatic N) is 1. The van der Waals surface area contributed by atoms with Crippen molar-refractivity contribution in [3.8, 4) is 5.75 Å². The first-order valence-electron chi connectivity index (χ1n) is 9.55. The summed E-state index contributed by atoms with van der Waals surface area (Å²) in [6, 6.07) is 9.87. The molecule has 0 aliphatic carbocycles. The van der Waals surface area contributed by atoms with Crippen molar-refractivity contribution in [2.45, 2.75) is 24.7 Å². The van der Waals surface area contributed by atoms with Crippen molar-refractivity contribution in [1.29, 1.82) is 0 Å². The molecule has 0 radical (unpaired) electrons. The molecule has 1 aliphatic rings. The molecule has 1 aliphatic heterocycles. The van der Waals surface area contributed by atoms with E-state index in [0.717, 1.165) is 12.8 Å². The predicted molar refractivity (Wildman–Crippen MR) is 112 cm³/mol. The number of carbonyl (C=O) groups is 2. The van der Waals surface area contributed by atoms with Gasteiger partial charge in [-0.25, -0.2) is 13.2 Å². The zero-order chi connectivity index (χ0) is 21.9. The number of methoxy groups -OCH3 is 1. The van der Waals surface area contributed by atoms with Crippen molar-refractivity contribution in [1.82, 2.24) is 4.31 Å². The first kappa shape index (κ1) is 21.8. The second-order valence-corrected chi connectivity index (χ2v) is 9.22. The fraction of sp³-hybridized carbons (Fsp3) is 0.333. The van der Waals surface area contributed by atoms with Gasteiger partial charge in [0.2, 0.25) is 10.0 Å². The smallest absolute Gasteiger partial charge is 0.335 e. The molecule has 2 N–H and O–H groups in total. The van der Waals surface area contributed by atoms with Gasteiger partial charge in [-0.05, 0) is 61.2 Å². The average Bonchev–Trinajstić information content (AvgIpc) is 2.74. The number of benzene rings is 2. The fourth-order valence-electron chi connectivity index (χ4n) is 3.29. The molecule has 1 heterocycles. The van der Waals surface area contributed by atoms with Gasteiger partial charge in [-0.1, -0.05) is 6.92 Å². The Kier molecular flexibility index (Phi) is 6.42. The summed E-state index contributed by atoms with van der Waals surface area (Å²) in [4.78, 5) is 23.8. The highest BCUT2D eigenvalue weighted by atomic mass is 32.2. The number of carboxylic acid groups (broad SMARTS) is 1. The monoisotopic (exact) mass is 432 g/mol. The molecule has 1 saturated heterocycles. The molecule has 2 aromatic carbocycles. The van der Waals surface area contributed by atoms with Crippen molar-refractivity contribution in [2.24, 2.45) is 5.92 Å². The Morgan fingerprint density at radius 2 is 1.73 bits per heavy atom. The number of carbonyl (C=O) groups excluding carboxylic acids is 1. The van der Waals surface area contributed by atoms with E-state index in [2.05, 4.69) is 12.2 Å². The number of sulfonamides is 1. The summed E-state index contributed by atoms with van der Waals surface area (Å²) in [5.41, 5.74) is 0.547. The van der Waals surface area contributed by atoms with Gasteiger partial charge in [0, 0.05) is 18.8 Å². The van der Waals surface area contributed by atoms with Crippen molar-refractivity contribution < 1.29 is 27.9 Å². The molecule has 9 heteroatoms. The summed E-state index contributed by atoms with van der Waals surface area (Å²) in [6.45, 7) is 3.00. The van der Waals surface area contributed by atoms with Crippen LogP contribution in [0.3, 0.4) is 0 Å². The molecule has 2 aromatic rings. The Hall–Kier alpha value is -2.91. The molecule has 0 aromatic heterocycles. The molecule has 3 rings (SSSR count). The van der Waals surface area contributed by atoms with Crippen LogP contribution in [0.25, 0.3) is 0 Å². The Bertz CT molecular complexity index is 1040. The molecule has 0 saturated carbocycles. The Balaban J connectivity index is 1.86. The van der Waals surface area contributed by atoms with Gasteiger partial charge >= 0.3 is 5.97 Å². The van der Waals surface area contributed by atoms with Crippen LogP contribution in [0.15, 0.2) is 47.4 Å². The standard InChI is InChI=1S/C21H24N2O6S/c1-14-9-11-23(12-10-14)30(27,28)17-7-8-19(29-2)18(13-17)20(24)22-16-5-3-15(4-6-16)21(25)26/h3-8,13-14H,9-12H2,1-2H3,(H,22,24)(H,25,26). The number of nitrogens with one attached hydrogen (secondary N) is 1. The maximum atomic E-state index is 13.0. The molecular formula is C21H24N2O6S. The molecule has 1 fully saturated rings. The number of piperidine rings is 1. The number of rotatable bonds is 6. The molecular weight excluding hydrogens is 408 g/mol. The highest BCUT2D eigenvalue weighted by Crippen LogP contribution is 2.28. The Morgan fingerprint density at radius 3 is 2.30 bits per heavy atom. The minimum Gasteiger partial charge on any atom is -0.496 e. The normalized spacial score (nSPS) is 15.5. The molecule has 0 unspecified atom stereocenters. The van der Waals surface area contributed by atoms with E-state index < -0.39 is 21.9 Å². The molecule has 8 nitrogen and oxygen atoms in total. The molecule has 0 atom stereocenters. The van der Waals surface area contributed by atoms with Gasteiger partial charge < -0.3 is 15.2 Å². The van der Waals surface area contributed by atoms with Crippen LogP contribution in [0, 0.1) is 5.92 Å². The lowest BCUT2D eigenvalue weighted by molar-refractivity contribution is 0.0696. The highest BCUT2D eigenvalue weighted by Gasteiger charge is 2.29. The van der Waals surface area contributed by atoms with Gasteiger partial charge in [-0.3, -0.25) is 4.79 Å². The van der Waals surface area contributed by atoms with Crippen molar-refractivity contribution in [2.75, 3.05) is 25.5 Å². The van der Waals surface area contributed by atoms with Crippen molar-refractivity contribution >= 4 is 27.6 Å². The van der Waals surface area contributed by atoms with E-state index in [1.807, 2.05) is 0 Å². The largest absolute Gasteiger partial charge is 0.496 e. The second kappa shape index (κ2) is 8.85. The lowest BCUT2D eigenvalue weighted by atomic mass is 10.0. The first-order valence-corrected chi connectivity index (χ1v) is 11.0. The van der Waals surface area contributed by atoms with E-state index in [0.29, 0.717) is 24.7 Å². The van der Waals surface area contributed by atoms with Gasteiger partial charge in [0.15, 0.2) is 0 Å². The van der Waals surface area contributed by atoms with Crippen LogP contribution in [-0.4, -0.2) is 49.9 Å². The van der Waals surface area contributed by atoms with Gasteiger partial charge in [0.05, 0.1) is 23.1 Å². The van der Waals surface area contributed by atoms with Crippen LogP contribution >= 0.6 is 0 Å². The molecule has 160 valence electrons. The van der Waals surface area contributed by atoms with Crippen molar-refractivity contribution in [3.63, 3.8) is 0 Å². The Labute approximate surface area is 175 Å². The van der Waals surface area contributed by atoms with E-state index >= 15 is 0 Å². The summed E-state index contributed by atoms with van der Waals surface area (Å²) in [7, 11) is -2.33. The number of amides is 1. The second-order valence-electron chi connectivity index (χ2n) is 7.29. The number of hydrogen-bond acceptors (Lipinski definition) is 5. The number of hydrogen-bond donors (Lipinski definition) is 2. The zero-order valence-corrected chi connectivity index (χ0v) is 17.6. The van der Waals surface area contributed by atoms with E-state index in [1.165, 1.54) is 53.9 Å². The summed E-state index contributed by atoms with van der Waals surface area (Å²) >= 11 is 0. The highest BCUT2D eigenvalue weighted by molar-refractivity contribution is 7.89. The molecule has 0 spiro atoms. The third-order valence-corrected chi connectivity index (χ3v) is 7.08. The Morgan fingerprint density at radius 1 is 1.10 bits per heavy atom. The quantitative estimate of drug-likeness (QED) is 0.725. The van der Waals surface area contributed by atoms with Crippen LogP contribution in [0.2, 0.25) is 0 Å². The van der Waals surface area contributed by atoms with Crippen LogP contribution < -0.4 is 10.1 Å². The van der Waals surface area contributed by atoms with Gasteiger partial charge in [0.25, 0.3) is 5.91 Å². The maximum Gasteiger partial charge on any atom is 0.335 e. The average molecular weight is 432 g/mol. The lowest BCUT2D eigenvalue weighted by Gasteiger charge is -2.29. The summed E-state index contributed by atoms with van der Waals surface area (Å²) in [6.07, 6.45) is 1.60. The van der Waals surface area contributed by atoms with E-state index in [1.54, 1.807) is 0 Å². The minimum absolute atomic E-state index is 0.0317. The lowest BCUT2D eigenvalue weighted by Crippen LogP contribution is -2.37. The first-order chi connectivity index (χ1) is 14.2. The van der Waals surface area contributed by atoms with E-state index in [-0.39, 0.29) is 21.8 Å². The van der Waals surface area contributed by atoms with Gasteiger partial charge in [-0.2, -0.15) is 4.31 Å². The maximum absolute atomic E-state index is 13.0. The van der Waals surface area contributed by atoms with Crippen LogP contribution in [0.1, 0.15) is 40.5 Å². The molecule has 0 bridgehead atoms. The summed E-state index contributed by atoms with van der Waals surface area (Å²) in [5.74, 6) is -0.902. The predicted octanol–water partition coefficient (Wildman–Crippen LogP) is 3.07. The number of anilines is 1. The fourth-order valence-corrected chi connectivity index (χ4v) is 4.79. The molecule has 30 heavy (non-hydrogen) atoms. The zero-order valence-electron chi connectivity index (χ0n) is 16.8. The van der Waals surface area contributed by atoms with Gasteiger partial charge in [-0.15, -0.1) is 0 Å². The topological polar surface area (TPSA) is 113 Å². The third kappa shape index (κ3) is 4.63. The summed E-state index contributed by atoms with van der Waals surface area (Å²) < 4.78 is 32.7. The number of carboxylic acids is 1. The third-order valence-electron chi connectivity index (χ3n) is 5.19. The SMILES string of the molecule is COc1ccc(S(=O)(=O)N2CCC(C)CC2)cc1C(=O)Nc1ccc(C(=O)O)cc1. The van der Waals surface area contributed by atoms with Crippen LogP contribution in [0.4, 0.5) is 5.69 Å². The van der Waals surface area contributed by atoms with Crippen LogP contribution in [0.5, 0.6) is 5.75 Å². The van der Waals surface area contributed by atoms with E-state index in [9.17, 15) is 18.0 Å².